The predicted octanol–water partition coefficient (Wildman–Crippen LogP) is 3.82. The minimum absolute atomic E-state index is 0.154. The molecule has 20 heavy (non-hydrogen) atoms. The van der Waals surface area contributed by atoms with Crippen molar-refractivity contribution < 1.29 is 18.7 Å². The molecule has 3 rings (SSSR count). The zero-order valence-corrected chi connectivity index (χ0v) is 10.5. The minimum Gasteiger partial charge on any atom is -0.481 e. The molecule has 4 heteroatoms. The molecule has 0 amide bonds. The van der Waals surface area contributed by atoms with Crippen LogP contribution in [0.3, 0.4) is 0 Å². The number of carboxylic acid groups (broad SMARTS) is 1. The topological polar surface area (TPSA) is 50.4 Å². The lowest BCUT2D eigenvalue weighted by molar-refractivity contribution is -0.136. The second-order valence-corrected chi connectivity index (χ2v) is 4.53. The zero-order valence-electron chi connectivity index (χ0n) is 10.5. The highest BCUT2D eigenvalue weighted by Gasteiger charge is 2.21. The lowest BCUT2D eigenvalue weighted by Crippen LogP contribution is -1.99. The van der Waals surface area contributed by atoms with Crippen molar-refractivity contribution in [1.82, 2.24) is 0 Å². The second kappa shape index (κ2) is 4.81. The standard InChI is InChI=1S/C16H11FO3/c17-12-8-14-13(10-4-2-1-3-5-10)6-11(7-15(18)19)16(14)20-9-12/h1-6,8-9H,7H2,(H,18,19). The van der Waals surface area contributed by atoms with Crippen molar-refractivity contribution >= 4 is 5.97 Å². The number of benzene rings is 1. The van der Waals surface area contributed by atoms with Gasteiger partial charge in [-0.05, 0) is 23.3 Å². The monoisotopic (exact) mass is 270 g/mol. The number of carbonyl (C=O) groups is 1. The molecule has 1 aliphatic heterocycles. The van der Waals surface area contributed by atoms with E-state index in [0.29, 0.717) is 16.9 Å². The summed E-state index contributed by atoms with van der Waals surface area (Å²) < 4.78 is 18.6. The summed E-state index contributed by atoms with van der Waals surface area (Å²) in [5, 5.41) is 8.95. The van der Waals surface area contributed by atoms with Crippen molar-refractivity contribution in [3.63, 3.8) is 0 Å². The number of hydrogen-bond acceptors (Lipinski definition) is 2. The van der Waals surface area contributed by atoms with Gasteiger partial charge in [-0.25, -0.2) is 4.39 Å². The molecule has 3 nitrogen and oxygen atoms in total. The highest BCUT2D eigenvalue weighted by atomic mass is 19.1. The van der Waals surface area contributed by atoms with Crippen LogP contribution >= 0.6 is 0 Å². The van der Waals surface area contributed by atoms with E-state index in [1.807, 2.05) is 30.3 Å². The molecule has 0 atom stereocenters. The number of rotatable bonds is 3. The normalized spacial score (nSPS) is 10.8. The van der Waals surface area contributed by atoms with E-state index in [-0.39, 0.29) is 6.42 Å². The Kier molecular flexibility index (Phi) is 2.99. The van der Waals surface area contributed by atoms with Crippen LogP contribution in [0.5, 0.6) is 0 Å². The van der Waals surface area contributed by atoms with E-state index in [1.54, 1.807) is 6.07 Å². The van der Waals surface area contributed by atoms with Gasteiger partial charge in [0, 0.05) is 11.1 Å². The Labute approximate surface area is 114 Å². The number of carboxylic acids is 1. The van der Waals surface area contributed by atoms with Crippen LogP contribution in [-0.4, -0.2) is 11.1 Å². The molecule has 1 N–H and O–H groups in total. The lowest BCUT2D eigenvalue weighted by Gasteiger charge is -2.04. The van der Waals surface area contributed by atoms with E-state index in [0.717, 1.165) is 17.4 Å². The molecular formula is C16H11FO3. The van der Waals surface area contributed by atoms with E-state index < -0.39 is 11.8 Å². The summed E-state index contributed by atoms with van der Waals surface area (Å²) in [7, 11) is 0. The Bertz CT molecular complexity index is 731. The van der Waals surface area contributed by atoms with Crippen LogP contribution in [0.15, 0.2) is 53.1 Å². The van der Waals surface area contributed by atoms with Crippen molar-refractivity contribution in [2.24, 2.45) is 0 Å². The molecule has 1 aromatic carbocycles. The number of hydrogen-bond donors (Lipinski definition) is 1. The van der Waals surface area contributed by atoms with Gasteiger partial charge in [0.05, 0.1) is 6.42 Å². The number of fused-ring (bicyclic) bond motifs is 1. The Hall–Kier alpha value is -2.62. The van der Waals surface area contributed by atoms with Gasteiger partial charge < -0.3 is 9.52 Å². The van der Waals surface area contributed by atoms with Crippen molar-refractivity contribution in [2.75, 3.05) is 0 Å². The van der Waals surface area contributed by atoms with Crippen molar-refractivity contribution in [1.29, 1.82) is 0 Å². The molecule has 0 bridgehead atoms. The maximum atomic E-state index is 13.4. The van der Waals surface area contributed by atoms with Gasteiger partial charge in [-0.3, -0.25) is 4.79 Å². The maximum absolute atomic E-state index is 13.4. The van der Waals surface area contributed by atoms with Gasteiger partial charge in [-0.15, -0.1) is 0 Å². The predicted molar refractivity (Wildman–Crippen MR) is 72.1 cm³/mol. The number of halogens is 1. The fourth-order valence-electron chi connectivity index (χ4n) is 2.33. The first kappa shape index (κ1) is 12.4. The van der Waals surface area contributed by atoms with E-state index in [4.69, 9.17) is 9.52 Å². The first-order valence-corrected chi connectivity index (χ1v) is 6.12. The van der Waals surface area contributed by atoms with E-state index in [9.17, 15) is 9.18 Å². The summed E-state index contributed by atoms with van der Waals surface area (Å²) >= 11 is 0. The molecule has 100 valence electrons. The molecule has 0 saturated heterocycles. The van der Waals surface area contributed by atoms with Gasteiger partial charge in [0.25, 0.3) is 0 Å². The molecule has 0 saturated carbocycles. The molecule has 1 heterocycles. The van der Waals surface area contributed by atoms with Crippen LogP contribution in [-0.2, 0) is 11.2 Å². The average molecular weight is 270 g/mol. The van der Waals surface area contributed by atoms with Crippen LogP contribution in [0.2, 0.25) is 0 Å². The lowest BCUT2D eigenvalue weighted by atomic mass is 10.0. The molecule has 0 unspecified atom stereocenters. The zero-order chi connectivity index (χ0) is 14.1. The maximum Gasteiger partial charge on any atom is 0.307 e. The Morgan fingerprint density at radius 3 is 2.60 bits per heavy atom. The Balaban J connectivity index is 2.21. The van der Waals surface area contributed by atoms with Crippen LogP contribution < -0.4 is 0 Å². The molecule has 0 spiro atoms. The summed E-state index contributed by atoms with van der Waals surface area (Å²) in [6.07, 6.45) is 0.834. The molecule has 0 aromatic heterocycles. The highest BCUT2D eigenvalue weighted by Crippen LogP contribution is 2.39. The van der Waals surface area contributed by atoms with Gasteiger partial charge in [0.15, 0.2) is 5.82 Å². The highest BCUT2D eigenvalue weighted by molar-refractivity contribution is 5.88. The largest absolute Gasteiger partial charge is 0.481 e. The summed E-state index contributed by atoms with van der Waals surface area (Å²) in [5.41, 5.74) is 2.81. The third-order valence-electron chi connectivity index (χ3n) is 3.14. The van der Waals surface area contributed by atoms with Crippen molar-refractivity contribution in [2.45, 2.75) is 6.42 Å². The summed E-state index contributed by atoms with van der Waals surface area (Å²) in [6.45, 7) is 0. The second-order valence-electron chi connectivity index (χ2n) is 4.53. The third-order valence-corrected chi connectivity index (χ3v) is 3.14. The SMILES string of the molecule is O=C(O)Cc1cc(-c2ccccc2)c2cc(F)coc1-2. The first-order chi connectivity index (χ1) is 9.65. The fourth-order valence-corrected chi connectivity index (χ4v) is 2.33. The molecular weight excluding hydrogens is 259 g/mol. The quantitative estimate of drug-likeness (QED) is 0.787. The van der Waals surface area contributed by atoms with Crippen LogP contribution in [0.25, 0.3) is 22.5 Å². The average Bonchev–Trinajstić information content (AvgIpc) is 2.77. The fraction of sp³-hybridized carbons (Fsp3) is 0.0625. The molecule has 0 radical (unpaired) electrons. The van der Waals surface area contributed by atoms with E-state index >= 15 is 0 Å². The van der Waals surface area contributed by atoms with Crippen LogP contribution in [0.4, 0.5) is 4.39 Å². The van der Waals surface area contributed by atoms with Crippen LogP contribution in [0, 0.1) is 5.82 Å². The van der Waals surface area contributed by atoms with Gasteiger partial charge >= 0.3 is 5.97 Å². The summed E-state index contributed by atoms with van der Waals surface area (Å²) in [4.78, 5) is 10.9. The summed E-state index contributed by atoms with van der Waals surface area (Å²) in [5.74, 6) is -1.01. The van der Waals surface area contributed by atoms with Crippen molar-refractivity contribution in [3.8, 4) is 22.5 Å². The smallest absolute Gasteiger partial charge is 0.307 e. The van der Waals surface area contributed by atoms with Crippen LogP contribution in [0.1, 0.15) is 5.56 Å². The molecule has 2 aliphatic rings. The first-order valence-electron chi connectivity index (χ1n) is 6.12. The minimum atomic E-state index is -0.948. The number of aliphatic carboxylic acids is 1. The van der Waals surface area contributed by atoms with E-state index in [1.165, 1.54) is 6.07 Å². The van der Waals surface area contributed by atoms with E-state index in [2.05, 4.69) is 0 Å². The summed E-state index contributed by atoms with van der Waals surface area (Å²) in [6, 6.07) is 12.5. The van der Waals surface area contributed by atoms with Gasteiger partial charge in [-0.1, -0.05) is 30.3 Å². The van der Waals surface area contributed by atoms with Crippen molar-refractivity contribution in [3.05, 3.63) is 60.1 Å². The van der Waals surface area contributed by atoms with Gasteiger partial charge in [0.1, 0.15) is 12.0 Å². The third kappa shape index (κ3) is 2.16. The Morgan fingerprint density at radius 2 is 1.90 bits per heavy atom. The molecule has 0 fully saturated rings. The molecule has 1 aromatic rings. The molecule has 1 aliphatic carbocycles. The van der Waals surface area contributed by atoms with Gasteiger partial charge in [0.2, 0.25) is 0 Å². The Morgan fingerprint density at radius 1 is 1.15 bits per heavy atom. The van der Waals surface area contributed by atoms with Gasteiger partial charge in [-0.2, -0.15) is 0 Å².